The highest BCUT2D eigenvalue weighted by Crippen LogP contribution is 2.38. The van der Waals surface area contributed by atoms with Gasteiger partial charge in [-0.15, -0.1) is 11.3 Å². The summed E-state index contributed by atoms with van der Waals surface area (Å²) in [5.74, 6) is 0.364. The highest BCUT2D eigenvalue weighted by atomic mass is 35.5. The summed E-state index contributed by atoms with van der Waals surface area (Å²) < 4.78 is 33.8. The number of anilines is 2. The number of ether oxygens (including phenoxy) is 1. The van der Waals surface area contributed by atoms with Crippen molar-refractivity contribution < 1.29 is 17.9 Å². The Hall–Kier alpha value is -2.55. The Kier molecular flexibility index (Phi) is 4.78. The smallest absolute Gasteiger partial charge is 0.271 e. The molecule has 0 fully saturated rings. The Labute approximate surface area is 171 Å². The van der Waals surface area contributed by atoms with Crippen molar-refractivity contribution in [2.75, 3.05) is 10.0 Å². The van der Waals surface area contributed by atoms with E-state index in [0.717, 1.165) is 11.3 Å². The lowest BCUT2D eigenvalue weighted by molar-refractivity contribution is 0.102. The zero-order valence-corrected chi connectivity index (χ0v) is 17.0. The number of nitrogens with one attached hydrogen (secondary N) is 2. The molecule has 4 rings (SSSR count). The third-order valence-electron chi connectivity index (χ3n) is 4.14. The molecule has 0 bridgehead atoms. The first-order valence-electron chi connectivity index (χ1n) is 8.40. The number of carbonyl (C=O) groups is 1. The van der Waals surface area contributed by atoms with Crippen LogP contribution in [0.5, 0.6) is 11.5 Å². The summed E-state index contributed by atoms with van der Waals surface area (Å²) in [6, 6.07) is 12.8. The fourth-order valence-electron chi connectivity index (χ4n) is 2.76. The number of hydrogen-bond acceptors (Lipinski definition) is 5. The number of amides is 1. The van der Waals surface area contributed by atoms with Gasteiger partial charge in [0.1, 0.15) is 9.96 Å². The molecule has 6 nitrogen and oxygen atoms in total. The van der Waals surface area contributed by atoms with Crippen molar-refractivity contribution >= 4 is 50.2 Å². The second-order valence-corrected chi connectivity index (χ2v) is 9.60. The maximum atomic E-state index is 12.6. The number of benzene rings is 2. The molecule has 0 spiro atoms. The van der Waals surface area contributed by atoms with Crippen LogP contribution in [0, 0.1) is 0 Å². The van der Waals surface area contributed by atoms with Gasteiger partial charge in [0.25, 0.3) is 15.9 Å². The fraction of sp³-hybridized carbons (Fsp3) is 0.105. The van der Waals surface area contributed by atoms with E-state index < -0.39 is 15.9 Å². The van der Waals surface area contributed by atoms with Crippen molar-refractivity contribution in [3.8, 4) is 11.5 Å². The van der Waals surface area contributed by atoms with E-state index in [1.807, 2.05) is 6.92 Å². The minimum atomic E-state index is -3.74. The molecule has 3 aromatic rings. The van der Waals surface area contributed by atoms with E-state index in [1.165, 1.54) is 17.4 Å². The van der Waals surface area contributed by atoms with Gasteiger partial charge in [-0.2, -0.15) is 0 Å². The van der Waals surface area contributed by atoms with Crippen molar-refractivity contribution in [2.45, 2.75) is 17.6 Å². The Balaban J connectivity index is 1.65. The summed E-state index contributed by atoms with van der Waals surface area (Å²) in [5, 5.41) is 3.19. The van der Waals surface area contributed by atoms with Gasteiger partial charge in [0.15, 0.2) is 5.75 Å². The lowest BCUT2D eigenvalue weighted by atomic mass is 10.1. The molecule has 0 saturated carbocycles. The number of aryl methyl sites for hydroxylation is 1. The molecule has 1 aromatic heterocycles. The van der Waals surface area contributed by atoms with E-state index in [1.54, 1.807) is 42.5 Å². The predicted octanol–water partition coefficient (Wildman–Crippen LogP) is 5.12. The molecule has 0 aliphatic carbocycles. The molecule has 1 aliphatic rings. The molecule has 144 valence electrons. The number of thiophene rings is 1. The Morgan fingerprint density at radius 2 is 1.89 bits per heavy atom. The Morgan fingerprint density at radius 3 is 2.64 bits per heavy atom. The van der Waals surface area contributed by atoms with Crippen LogP contribution in [0.4, 0.5) is 11.4 Å². The van der Waals surface area contributed by atoms with Crippen LogP contribution < -0.4 is 14.8 Å². The topological polar surface area (TPSA) is 84.5 Å². The molecule has 1 aliphatic heterocycles. The van der Waals surface area contributed by atoms with Gasteiger partial charge in [-0.1, -0.05) is 18.5 Å². The van der Waals surface area contributed by atoms with Crippen LogP contribution in [0.3, 0.4) is 0 Å². The SMILES string of the molecule is CCc1ccc(S(=O)(=O)Nc2ccc3c(c2)C(=O)Nc2cc(Cl)ccc2O3)s1. The molecule has 0 radical (unpaired) electrons. The molecule has 0 saturated heterocycles. The summed E-state index contributed by atoms with van der Waals surface area (Å²) in [6.07, 6.45) is 0.765. The number of rotatable bonds is 4. The van der Waals surface area contributed by atoms with Crippen LogP contribution in [0.2, 0.25) is 5.02 Å². The highest BCUT2D eigenvalue weighted by Gasteiger charge is 2.23. The van der Waals surface area contributed by atoms with Gasteiger partial charge in [0.2, 0.25) is 0 Å². The number of fused-ring (bicyclic) bond motifs is 2. The monoisotopic (exact) mass is 434 g/mol. The van der Waals surface area contributed by atoms with E-state index in [4.69, 9.17) is 16.3 Å². The molecule has 0 unspecified atom stereocenters. The lowest BCUT2D eigenvalue weighted by Gasteiger charge is -2.10. The fourth-order valence-corrected chi connectivity index (χ4v) is 5.27. The molecule has 28 heavy (non-hydrogen) atoms. The lowest BCUT2D eigenvalue weighted by Crippen LogP contribution is -2.14. The average molecular weight is 435 g/mol. The van der Waals surface area contributed by atoms with Crippen LogP contribution in [0.1, 0.15) is 22.2 Å². The van der Waals surface area contributed by atoms with Crippen LogP contribution in [-0.4, -0.2) is 14.3 Å². The first-order chi connectivity index (χ1) is 13.4. The second kappa shape index (κ2) is 7.12. The second-order valence-electron chi connectivity index (χ2n) is 6.09. The quantitative estimate of drug-likeness (QED) is 0.596. The summed E-state index contributed by atoms with van der Waals surface area (Å²) in [7, 11) is -3.74. The van der Waals surface area contributed by atoms with Crippen molar-refractivity contribution in [2.24, 2.45) is 0 Å². The number of hydrogen-bond donors (Lipinski definition) is 2. The van der Waals surface area contributed by atoms with Gasteiger partial charge in [0, 0.05) is 15.6 Å². The molecule has 1 amide bonds. The van der Waals surface area contributed by atoms with Gasteiger partial charge < -0.3 is 10.1 Å². The van der Waals surface area contributed by atoms with Crippen molar-refractivity contribution in [3.63, 3.8) is 0 Å². The Morgan fingerprint density at radius 1 is 1.11 bits per heavy atom. The molecule has 2 N–H and O–H groups in total. The van der Waals surface area contributed by atoms with Crippen LogP contribution in [-0.2, 0) is 16.4 Å². The molecule has 2 heterocycles. The molecular weight excluding hydrogens is 420 g/mol. The first-order valence-corrected chi connectivity index (χ1v) is 11.1. The van der Waals surface area contributed by atoms with Gasteiger partial charge in [-0.05, 0) is 55.0 Å². The normalized spacial score (nSPS) is 13.0. The number of sulfonamides is 1. The maximum Gasteiger partial charge on any atom is 0.271 e. The van der Waals surface area contributed by atoms with Gasteiger partial charge in [-0.3, -0.25) is 9.52 Å². The van der Waals surface area contributed by atoms with E-state index in [2.05, 4.69) is 10.0 Å². The van der Waals surface area contributed by atoms with Crippen LogP contribution >= 0.6 is 22.9 Å². The molecule has 2 aromatic carbocycles. The third-order valence-corrected chi connectivity index (χ3v) is 7.47. The van der Waals surface area contributed by atoms with E-state index in [-0.39, 0.29) is 15.5 Å². The van der Waals surface area contributed by atoms with Crippen molar-refractivity contribution in [1.29, 1.82) is 0 Å². The van der Waals surface area contributed by atoms with Crippen LogP contribution in [0.15, 0.2) is 52.7 Å². The summed E-state index contributed by atoms with van der Waals surface area (Å²) in [4.78, 5) is 13.6. The van der Waals surface area contributed by atoms with Gasteiger partial charge in [0.05, 0.1) is 11.3 Å². The van der Waals surface area contributed by atoms with E-state index >= 15 is 0 Å². The third kappa shape index (κ3) is 3.58. The summed E-state index contributed by atoms with van der Waals surface area (Å²) in [6.45, 7) is 1.96. The van der Waals surface area contributed by atoms with Crippen molar-refractivity contribution in [3.05, 3.63) is 64.0 Å². The summed E-state index contributed by atoms with van der Waals surface area (Å²) in [5.41, 5.74) is 0.933. The standard InChI is InChI=1S/C19H15ClN2O4S2/c1-2-13-5-8-18(27-13)28(24,25)22-12-4-7-16-14(10-12)19(23)21-15-9-11(20)3-6-17(15)26-16/h3-10,22H,2H2,1H3,(H,21,23). The first kappa shape index (κ1) is 18.8. The molecular formula is C19H15ClN2O4S2. The predicted molar refractivity (Wildman–Crippen MR) is 110 cm³/mol. The van der Waals surface area contributed by atoms with E-state index in [0.29, 0.717) is 22.2 Å². The van der Waals surface area contributed by atoms with E-state index in [9.17, 15) is 13.2 Å². The largest absolute Gasteiger partial charge is 0.454 e. The van der Waals surface area contributed by atoms with Gasteiger partial charge >= 0.3 is 0 Å². The number of halogens is 1. The van der Waals surface area contributed by atoms with Crippen LogP contribution in [0.25, 0.3) is 0 Å². The van der Waals surface area contributed by atoms with Gasteiger partial charge in [-0.25, -0.2) is 8.42 Å². The maximum absolute atomic E-state index is 12.6. The summed E-state index contributed by atoms with van der Waals surface area (Å²) >= 11 is 7.19. The average Bonchev–Trinajstić information content (AvgIpc) is 3.10. The zero-order valence-electron chi connectivity index (χ0n) is 14.7. The van der Waals surface area contributed by atoms with Crippen molar-refractivity contribution in [1.82, 2.24) is 0 Å². The zero-order chi connectivity index (χ0) is 19.9. The highest BCUT2D eigenvalue weighted by molar-refractivity contribution is 7.94. The minimum Gasteiger partial charge on any atom is -0.454 e. The molecule has 9 heteroatoms. The number of carbonyl (C=O) groups excluding carboxylic acids is 1. The molecule has 0 atom stereocenters. The minimum absolute atomic E-state index is 0.216. The Bertz CT molecular complexity index is 1190.